The number of carbonyl (C=O) groups excluding carboxylic acids is 1. The van der Waals surface area contributed by atoms with Gasteiger partial charge < -0.3 is 19.4 Å². The van der Waals surface area contributed by atoms with Gasteiger partial charge in [0, 0.05) is 18.2 Å². The molecule has 0 radical (unpaired) electrons. The highest BCUT2D eigenvalue weighted by Crippen LogP contribution is 2.41. The van der Waals surface area contributed by atoms with Gasteiger partial charge in [0.15, 0.2) is 16.7 Å². The average molecular weight is 665 g/mol. The van der Waals surface area contributed by atoms with Crippen molar-refractivity contribution in [2.24, 2.45) is 4.99 Å². The maximum absolute atomic E-state index is 13.7. The molecule has 0 bridgehead atoms. The Labute approximate surface area is 261 Å². The average Bonchev–Trinajstić information content (AvgIpc) is 3.73. The lowest BCUT2D eigenvalue weighted by Crippen LogP contribution is -2.28. The maximum Gasteiger partial charge on any atom is 0.416 e. The zero-order valence-corrected chi connectivity index (χ0v) is 24.6. The SMILES string of the molecule is COc1cc(/C=C2\SC(N3CCCC3c3nc4cc(F)ccc4[nH]3)=NC2=O)ccc1OCc1ccc(C(F)(F)F)cc1C(F)(F)F. The molecule has 7 nitrogen and oxygen atoms in total. The van der Waals surface area contributed by atoms with E-state index < -0.39 is 47.4 Å². The quantitative estimate of drug-likeness (QED) is 0.166. The van der Waals surface area contributed by atoms with Crippen molar-refractivity contribution in [1.29, 1.82) is 0 Å². The summed E-state index contributed by atoms with van der Waals surface area (Å²) in [6.45, 7) is -0.0379. The second-order valence-electron chi connectivity index (χ2n) is 10.5. The summed E-state index contributed by atoms with van der Waals surface area (Å²) in [5.74, 6) is -0.0299. The largest absolute Gasteiger partial charge is 0.493 e. The van der Waals surface area contributed by atoms with E-state index in [2.05, 4.69) is 15.0 Å². The summed E-state index contributed by atoms with van der Waals surface area (Å²) in [5, 5.41) is 0.495. The number of hydrogen-bond donors (Lipinski definition) is 1. The monoisotopic (exact) mass is 664 g/mol. The third-order valence-corrected chi connectivity index (χ3v) is 8.52. The Bertz CT molecular complexity index is 1880. The van der Waals surface area contributed by atoms with Crippen LogP contribution in [0.3, 0.4) is 0 Å². The van der Waals surface area contributed by atoms with Crippen molar-refractivity contribution in [2.45, 2.75) is 37.8 Å². The number of hydrogen-bond acceptors (Lipinski definition) is 6. The normalized spacial score (nSPS) is 18.1. The van der Waals surface area contributed by atoms with Crippen LogP contribution in [0.15, 0.2) is 64.5 Å². The van der Waals surface area contributed by atoms with Gasteiger partial charge in [0.05, 0.1) is 40.2 Å². The molecule has 46 heavy (non-hydrogen) atoms. The number of imidazole rings is 1. The van der Waals surface area contributed by atoms with Crippen LogP contribution >= 0.6 is 11.8 Å². The minimum absolute atomic E-state index is 0.0469. The molecule has 1 aromatic heterocycles. The molecular formula is C31H23F7N4O3S. The summed E-state index contributed by atoms with van der Waals surface area (Å²) in [5.41, 5.74) is -1.65. The molecule has 1 saturated heterocycles. The van der Waals surface area contributed by atoms with Crippen LogP contribution in [0.2, 0.25) is 0 Å². The smallest absolute Gasteiger partial charge is 0.416 e. The molecule has 0 aliphatic carbocycles. The number of aliphatic imine (C=N–C) groups is 1. The molecule has 6 rings (SSSR count). The van der Waals surface area contributed by atoms with Crippen molar-refractivity contribution in [3.05, 3.63) is 93.4 Å². The Morgan fingerprint density at radius 3 is 2.57 bits per heavy atom. The minimum atomic E-state index is -5.03. The lowest BCUT2D eigenvalue weighted by atomic mass is 10.0. The van der Waals surface area contributed by atoms with Gasteiger partial charge in [0.25, 0.3) is 5.91 Å². The molecule has 2 aliphatic rings. The summed E-state index contributed by atoms with van der Waals surface area (Å²) in [7, 11) is 1.31. The Hall–Kier alpha value is -4.53. The number of ether oxygens (including phenoxy) is 2. The number of aromatic amines is 1. The summed E-state index contributed by atoms with van der Waals surface area (Å²) >= 11 is 1.18. The molecule has 240 valence electrons. The van der Waals surface area contributed by atoms with E-state index in [1.165, 1.54) is 43.1 Å². The number of nitrogens with zero attached hydrogens (tertiary/aromatic N) is 3. The molecule has 1 atom stereocenters. The number of amidine groups is 1. The van der Waals surface area contributed by atoms with Crippen LogP contribution in [0, 0.1) is 5.82 Å². The highest BCUT2D eigenvalue weighted by Gasteiger charge is 2.38. The van der Waals surface area contributed by atoms with E-state index in [0.717, 1.165) is 18.9 Å². The first-order chi connectivity index (χ1) is 21.8. The number of likely N-dealkylation sites (tertiary alicyclic amines) is 1. The number of rotatable bonds is 6. The first-order valence-corrected chi connectivity index (χ1v) is 14.6. The molecule has 0 spiro atoms. The topological polar surface area (TPSA) is 79.8 Å². The van der Waals surface area contributed by atoms with E-state index in [1.807, 2.05) is 4.90 Å². The predicted molar refractivity (Wildman–Crippen MR) is 157 cm³/mol. The Morgan fingerprint density at radius 1 is 1.02 bits per heavy atom. The van der Waals surface area contributed by atoms with Gasteiger partial charge in [-0.25, -0.2) is 9.37 Å². The highest BCUT2D eigenvalue weighted by molar-refractivity contribution is 8.18. The number of nitrogens with one attached hydrogen (secondary N) is 1. The number of halogens is 7. The number of thioether (sulfide) groups is 1. The fourth-order valence-electron chi connectivity index (χ4n) is 5.30. The molecule has 1 N–H and O–H groups in total. The predicted octanol–water partition coefficient (Wildman–Crippen LogP) is 8.13. The summed E-state index contributed by atoms with van der Waals surface area (Å²) < 4.78 is 104. The van der Waals surface area contributed by atoms with Gasteiger partial charge >= 0.3 is 12.4 Å². The fraction of sp³-hybridized carbons (Fsp3) is 0.258. The minimum Gasteiger partial charge on any atom is -0.493 e. The van der Waals surface area contributed by atoms with Crippen LogP contribution < -0.4 is 9.47 Å². The van der Waals surface area contributed by atoms with Crippen molar-refractivity contribution in [1.82, 2.24) is 14.9 Å². The summed E-state index contributed by atoms with van der Waals surface area (Å²) in [6.07, 6.45) is -6.80. The van der Waals surface area contributed by atoms with Crippen LogP contribution in [0.4, 0.5) is 30.7 Å². The van der Waals surface area contributed by atoms with E-state index in [-0.39, 0.29) is 23.6 Å². The van der Waals surface area contributed by atoms with Gasteiger partial charge in [-0.2, -0.15) is 31.3 Å². The number of methoxy groups -OCH3 is 1. The van der Waals surface area contributed by atoms with Crippen molar-refractivity contribution >= 4 is 39.9 Å². The molecule has 3 aromatic carbocycles. The molecule has 1 amide bonds. The maximum atomic E-state index is 13.7. The van der Waals surface area contributed by atoms with Crippen molar-refractivity contribution < 1.29 is 45.0 Å². The molecule has 0 saturated carbocycles. The number of H-pyrrole nitrogens is 1. The third kappa shape index (κ3) is 6.41. The lowest BCUT2D eigenvalue weighted by molar-refractivity contribution is -0.143. The van der Waals surface area contributed by atoms with Crippen molar-refractivity contribution in [3.63, 3.8) is 0 Å². The van der Waals surface area contributed by atoms with E-state index in [4.69, 9.17) is 9.47 Å². The van der Waals surface area contributed by atoms with Crippen molar-refractivity contribution in [3.8, 4) is 11.5 Å². The van der Waals surface area contributed by atoms with E-state index in [0.29, 0.717) is 45.1 Å². The zero-order chi connectivity index (χ0) is 32.8. The molecule has 15 heteroatoms. The number of alkyl halides is 6. The molecule has 1 unspecified atom stereocenters. The van der Waals surface area contributed by atoms with Gasteiger partial charge in [-0.1, -0.05) is 12.1 Å². The zero-order valence-electron chi connectivity index (χ0n) is 23.8. The molecule has 1 fully saturated rings. The Morgan fingerprint density at radius 2 is 1.83 bits per heavy atom. The number of benzene rings is 3. The van der Waals surface area contributed by atoms with Gasteiger partial charge in [-0.15, -0.1) is 0 Å². The number of fused-ring (bicyclic) bond motifs is 1. The van der Waals surface area contributed by atoms with Gasteiger partial charge in [-0.05, 0) is 72.6 Å². The van der Waals surface area contributed by atoms with Crippen LogP contribution in [0.25, 0.3) is 17.1 Å². The first kappa shape index (κ1) is 31.5. The van der Waals surface area contributed by atoms with Crippen molar-refractivity contribution in [2.75, 3.05) is 13.7 Å². The van der Waals surface area contributed by atoms with Crippen LogP contribution in [0.1, 0.15) is 47.0 Å². The molecule has 4 aromatic rings. The lowest BCUT2D eigenvalue weighted by Gasteiger charge is -2.23. The number of carbonyl (C=O) groups is 1. The highest BCUT2D eigenvalue weighted by atomic mass is 32.2. The Kier molecular flexibility index (Phi) is 8.21. The molecule has 3 heterocycles. The van der Waals surface area contributed by atoms with Crippen LogP contribution in [-0.2, 0) is 23.8 Å². The Balaban J connectivity index is 1.17. The third-order valence-electron chi connectivity index (χ3n) is 7.50. The fourth-order valence-corrected chi connectivity index (χ4v) is 6.29. The van der Waals surface area contributed by atoms with E-state index in [9.17, 15) is 35.5 Å². The van der Waals surface area contributed by atoms with Crippen LogP contribution in [0.5, 0.6) is 11.5 Å². The van der Waals surface area contributed by atoms with Gasteiger partial charge in [0.1, 0.15) is 18.2 Å². The molecular weight excluding hydrogens is 641 g/mol. The summed E-state index contributed by atoms with van der Waals surface area (Å²) in [4.78, 5) is 27.2. The van der Waals surface area contributed by atoms with E-state index >= 15 is 0 Å². The first-order valence-electron chi connectivity index (χ1n) is 13.8. The van der Waals surface area contributed by atoms with Crippen LogP contribution in [-0.4, -0.2) is 39.6 Å². The number of aromatic nitrogens is 2. The second-order valence-corrected chi connectivity index (χ2v) is 11.5. The standard InChI is InChI=1S/C31H23F7N4O3S/c1-44-25-11-16(4-9-24(25)45-15-17-5-6-18(30(33,34)35)13-20(17)31(36,37)38)12-26-28(43)41-29(46-26)42-10-2-3-23(42)27-39-21-8-7-19(32)14-22(21)40-27/h4-9,11-14,23H,2-3,10,15H2,1H3,(H,39,40)/b26-12-. The number of amides is 1. The van der Waals surface area contributed by atoms with E-state index in [1.54, 1.807) is 18.2 Å². The van der Waals surface area contributed by atoms with Gasteiger partial charge in [0.2, 0.25) is 0 Å². The molecule has 2 aliphatic heterocycles. The van der Waals surface area contributed by atoms with Gasteiger partial charge in [-0.3, -0.25) is 4.79 Å². The second kappa shape index (κ2) is 12.0. The summed E-state index contributed by atoms with van der Waals surface area (Å²) in [6, 6.07) is 9.97.